The van der Waals surface area contributed by atoms with Gasteiger partial charge in [0, 0.05) is 6.54 Å². The monoisotopic (exact) mass is 412 g/mol. The summed E-state index contributed by atoms with van der Waals surface area (Å²) in [5.74, 6) is -1.92. The summed E-state index contributed by atoms with van der Waals surface area (Å²) >= 11 is 0. The summed E-state index contributed by atoms with van der Waals surface area (Å²) in [7, 11) is 0. The highest BCUT2D eigenvalue weighted by atomic mass is 19.1. The number of halogens is 1. The number of benzene rings is 2. The molecule has 0 bridgehead atoms. The van der Waals surface area contributed by atoms with E-state index >= 15 is 0 Å². The van der Waals surface area contributed by atoms with Gasteiger partial charge in [-0.05, 0) is 29.7 Å². The van der Waals surface area contributed by atoms with Crippen LogP contribution in [0.25, 0.3) is 0 Å². The molecule has 0 radical (unpaired) electrons. The Bertz CT molecular complexity index is 965. The maximum absolute atomic E-state index is 13.2. The molecule has 1 unspecified atom stereocenters. The van der Waals surface area contributed by atoms with Gasteiger partial charge >= 0.3 is 12.1 Å². The smallest absolute Gasteiger partial charge is 0.325 e. The second-order valence-corrected chi connectivity index (χ2v) is 6.80. The lowest BCUT2D eigenvalue weighted by Gasteiger charge is -2.25. The van der Waals surface area contributed by atoms with Crippen molar-refractivity contribution in [3.8, 4) is 0 Å². The fourth-order valence-corrected chi connectivity index (χ4v) is 3.28. The zero-order chi connectivity index (χ0) is 21.7. The minimum atomic E-state index is -1.39. The summed E-state index contributed by atoms with van der Waals surface area (Å²) in [4.78, 5) is 50.2. The van der Waals surface area contributed by atoms with Gasteiger partial charge in [-0.25, -0.2) is 14.0 Å². The van der Waals surface area contributed by atoms with Gasteiger partial charge < -0.3 is 10.6 Å². The number of hydrogen-bond acceptors (Lipinski definition) is 4. The highest BCUT2D eigenvalue weighted by Crippen LogP contribution is 2.32. The maximum atomic E-state index is 13.2. The number of nitrogens with zero attached hydrogens (tertiary/aromatic N) is 1. The van der Waals surface area contributed by atoms with E-state index in [0.717, 1.165) is 10.5 Å². The van der Waals surface area contributed by atoms with Gasteiger partial charge in [0.15, 0.2) is 0 Å². The number of imide groups is 2. The molecule has 3 N–H and O–H groups in total. The average Bonchev–Trinajstić information content (AvgIpc) is 2.98. The first kappa shape index (κ1) is 21.0. The number of amides is 6. The topological polar surface area (TPSA) is 108 Å². The van der Waals surface area contributed by atoms with E-state index in [9.17, 15) is 23.6 Å². The van der Waals surface area contributed by atoms with Crippen molar-refractivity contribution in [1.82, 2.24) is 20.9 Å². The molecule has 2 aromatic rings. The highest BCUT2D eigenvalue weighted by molar-refractivity contribution is 6.10. The van der Waals surface area contributed by atoms with Crippen LogP contribution in [-0.4, -0.2) is 35.3 Å². The van der Waals surface area contributed by atoms with Gasteiger partial charge in [-0.15, -0.1) is 0 Å². The first-order valence-electron chi connectivity index (χ1n) is 9.37. The molecule has 1 heterocycles. The SMILES string of the molecule is CCC1(c2ccc(F)cc2)NC(=O)N(CC(=O)NC(=O)NCc2ccccc2)C1=O. The van der Waals surface area contributed by atoms with Crippen LogP contribution in [0.1, 0.15) is 24.5 Å². The molecule has 0 aliphatic carbocycles. The second-order valence-electron chi connectivity index (χ2n) is 6.80. The van der Waals surface area contributed by atoms with Crippen molar-refractivity contribution < 1.29 is 23.6 Å². The number of urea groups is 2. The molecule has 0 aromatic heterocycles. The van der Waals surface area contributed by atoms with Gasteiger partial charge in [-0.1, -0.05) is 49.4 Å². The molecule has 30 heavy (non-hydrogen) atoms. The standard InChI is InChI=1S/C21H21FN4O4/c1-2-21(15-8-10-16(22)11-9-15)18(28)26(20(30)25-21)13-17(27)24-19(29)23-12-14-6-4-3-5-7-14/h3-11H,2,12-13H2,1H3,(H,25,30)(H2,23,24,27,29). The van der Waals surface area contributed by atoms with Crippen molar-refractivity contribution in [3.63, 3.8) is 0 Å². The van der Waals surface area contributed by atoms with Crippen LogP contribution in [0.4, 0.5) is 14.0 Å². The van der Waals surface area contributed by atoms with Crippen LogP contribution in [-0.2, 0) is 21.7 Å². The molecule has 0 saturated carbocycles. The van der Waals surface area contributed by atoms with E-state index in [1.807, 2.05) is 30.3 Å². The van der Waals surface area contributed by atoms with Crippen molar-refractivity contribution in [3.05, 3.63) is 71.5 Å². The summed E-state index contributed by atoms with van der Waals surface area (Å²) in [5.41, 5.74) is -0.129. The van der Waals surface area contributed by atoms with E-state index in [2.05, 4.69) is 16.0 Å². The van der Waals surface area contributed by atoms with E-state index in [1.165, 1.54) is 24.3 Å². The van der Waals surface area contributed by atoms with Gasteiger partial charge in [-0.2, -0.15) is 0 Å². The predicted octanol–water partition coefficient (Wildman–Crippen LogP) is 2.01. The zero-order valence-corrected chi connectivity index (χ0v) is 16.3. The fourth-order valence-electron chi connectivity index (χ4n) is 3.28. The van der Waals surface area contributed by atoms with Crippen LogP contribution >= 0.6 is 0 Å². The molecule has 1 aliphatic heterocycles. The minimum Gasteiger partial charge on any atom is -0.334 e. The third kappa shape index (κ3) is 4.29. The number of carbonyl (C=O) groups excluding carboxylic acids is 4. The summed E-state index contributed by atoms with van der Waals surface area (Å²) < 4.78 is 13.2. The van der Waals surface area contributed by atoms with Crippen molar-refractivity contribution in [2.24, 2.45) is 0 Å². The Hall–Kier alpha value is -3.75. The normalized spacial score (nSPS) is 18.1. The average molecular weight is 412 g/mol. The number of carbonyl (C=O) groups is 4. The van der Waals surface area contributed by atoms with Crippen molar-refractivity contribution >= 4 is 23.9 Å². The third-order valence-corrected chi connectivity index (χ3v) is 4.89. The number of rotatable bonds is 6. The molecule has 156 valence electrons. The Balaban J connectivity index is 1.62. The van der Waals surface area contributed by atoms with Crippen LogP contribution in [0.5, 0.6) is 0 Å². The molecule has 0 spiro atoms. The van der Waals surface area contributed by atoms with E-state index in [1.54, 1.807) is 6.92 Å². The molecule has 1 fully saturated rings. The van der Waals surface area contributed by atoms with Crippen molar-refractivity contribution in [2.75, 3.05) is 6.54 Å². The maximum Gasteiger partial charge on any atom is 0.325 e. The number of nitrogens with one attached hydrogen (secondary N) is 3. The van der Waals surface area contributed by atoms with E-state index in [-0.39, 0.29) is 13.0 Å². The first-order chi connectivity index (χ1) is 14.4. The Morgan fingerprint density at radius 2 is 1.73 bits per heavy atom. The van der Waals surface area contributed by atoms with Crippen LogP contribution in [0.2, 0.25) is 0 Å². The minimum absolute atomic E-state index is 0.207. The molecule has 3 rings (SSSR count). The van der Waals surface area contributed by atoms with E-state index in [0.29, 0.717) is 5.56 Å². The fraction of sp³-hybridized carbons (Fsp3) is 0.238. The highest BCUT2D eigenvalue weighted by Gasteiger charge is 2.51. The Morgan fingerprint density at radius 3 is 2.37 bits per heavy atom. The van der Waals surface area contributed by atoms with Gasteiger partial charge in [0.05, 0.1) is 0 Å². The summed E-state index contributed by atoms with van der Waals surface area (Å²) in [6.45, 7) is 1.29. The lowest BCUT2D eigenvalue weighted by Crippen LogP contribution is -2.47. The largest absolute Gasteiger partial charge is 0.334 e. The Labute approximate surface area is 172 Å². The van der Waals surface area contributed by atoms with E-state index < -0.39 is 41.8 Å². The second kappa shape index (κ2) is 8.73. The van der Waals surface area contributed by atoms with Gasteiger partial charge in [0.2, 0.25) is 5.91 Å². The van der Waals surface area contributed by atoms with Crippen molar-refractivity contribution in [2.45, 2.75) is 25.4 Å². The van der Waals surface area contributed by atoms with Crippen molar-refractivity contribution in [1.29, 1.82) is 0 Å². The molecule has 9 heteroatoms. The summed E-state index contributed by atoms with van der Waals surface area (Å²) in [6.07, 6.45) is 0.207. The molecular weight excluding hydrogens is 391 g/mol. The van der Waals surface area contributed by atoms with Crippen LogP contribution in [0, 0.1) is 5.82 Å². The predicted molar refractivity (Wildman–Crippen MR) is 105 cm³/mol. The van der Waals surface area contributed by atoms with Crippen LogP contribution in [0.15, 0.2) is 54.6 Å². The van der Waals surface area contributed by atoms with Gasteiger partial charge in [-0.3, -0.25) is 19.8 Å². The first-order valence-corrected chi connectivity index (χ1v) is 9.37. The third-order valence-electron chi connectivity index (χ3n) is 4.89. The van der Waals surface area contributed by atoms with Crippen LogP contribution < -0.4 is 16.0 Å². The quantitative estimate of drug-likeness (QED) is 0.631. The van der Waals surface area contributed by atoms with Crippen LogP contribution in [0.3, 0.4) is 0 Å². The Morgan fingerprint density at radius 1 is 1.07 bits per heavy atom. The molecule has 1 aliphatic rings. The van der Waals surface area contributed by atoms with Gasteiger partial charge in [0.25, 0.3) is 5.91 Å². The molecule has 2 aromatic carbocycles. The number of hydrogen-bond donors (Lipinski definition) is 3. The molecule has 6 amide bonds. The molecule has 8 nitrogen and oxygen atoms in total. The zero-order valence-electron chi connectivity index (χ0n) is 16.3. The molecule has 1 atom stereocenters. The molecule has 1 saturated heterocycles. The van der Waals surface area contributed by atoms with E-state index in [4.69, 9.17) is 0 Å². The summed E-state index contributed by atoms with van der Waals surface area (Å²) in [6, 6.07) is 12.8. The lowest BCUT2D eigenvalue weighted by molar-refractivity contribution is -0.135. The Kier molecular flexibility index (Phi) is 6.10. The van der Waals surface area contributed by atoms with Gasteiger partial charge in [0.1, 0.15) is 17.9 Å². The molecular formula is C21H21FN4O4. The summed E-state index contributed by atoms with van der Waals surface area (Å²) in [5, 5.41) is 7.22. The lowest BCUT2D eigenvalue weighted by atomic mass is 9.87.